The molecule has 1 rings (SSSR count). The predicted octanol–water partition coefficient (Wildman–Crippen LogP) is 1.14. The Labute approximate surface area is 98.1 Å². The molecule has 2 N–H and O–H groups in total. The Balaban J connectivity index is 2.25. The molecule has 94 valence electrons. The van der Waals surface area contributed by atoms with Gasteiger partial charge in [0.25, 0.3) is 0 Å². The number of carbonyl (C=O) groups excluding carboxylic acids is 1. The minimum atomic E-state index is -0.103. The molecule has 0 amide bonds. The lowest BCUT2D eigenvalue weighted by Gasteiger charge is -2.33. The number of esters is 1. The minimum Gasteiger partial charge on any atom is -0.465 e. The second kappa shape index (κ2) is 7.63. The number of nitrogens with two attached hydrogens (primary N) is 1. The topological polar surface area (TPSA) is 55.6 Å². The molecular weight excluding hydrogens is 204 g/mol. The average molecular weight is 228 g/mol. The highest BCUT2D eigenvalue weighted by Gasteiger charge is 2.23. The Morgan fingerprint density at radius 3 is 3.00 bits per heavy atom. The van der Waals surface area contributed by atoms with Crippen molar-refractivity contribution in [2.75, 3.05) is 26.2 Å². The number of hydrogen-bond acceptors (Lipinski definition) is 4. The summed E-state index contributed by atoms with van der Waals surface area (Å²) in [6, 6.07) is 0.368. The van der Waals surface area contributed by atoms with E-state index in [1.807, 2.05) is 0 Å². The highest BCUT2D eigenvalue weighted by Crippen LogP contribution is 2.15. The molecule has 1 aliphatic heterocycles. The zero-order chi connectivity index (χ0) is 11.8. The van der Waals surface area contributed by atoms with Crippen LogP contribution in [0.4, 0.5) is 0 Å². The number of nitrogens with zero attached hydrogens (tertiary/aromatic N) is 1. The third-order valence-electron chi connectivity index (χ3n) is 3.11. The van der Waals surface area contributed by atoms with Crippen molar-refractivity contribution in [3.05, 3.63) is 0 Å². The number of unbranched alkanes of at least 4 members (excludes halogenated alkanes) is 1. The highest BCUT2D eigenvalue weighted by atomic mass is 16.5. The molecule has 4 nitrogen and oxygen atoms in total. The Bertz CT molecular complexity index is 209. The number of carbonyl (C=O) groups is 1. The Morgan fingerprint density at radius 1 is 1.50 bits per heavy atom. The summed E-state index contributed by atoms with van der Waals surface area (Å²) in [5.41, 5.74) is 5.70. The molecule has 1 heterocycles. The largest absolute Gasteiger partial charge is 0.465 e. The third-order valence-corrected chi connectivity index (χ3v) is 3.11. The van der Waals surface area contributed by atoms with Gasteiger partial charge in [-0.1, -0.05) is 19.8 Å². The summed E-state index contributed by atoms with van der Waals surface area (Å²) in [6.07, 6.45) is 5.51. The van der Waals surface area contributed by atoms with E-state index < -0.39 is 0 Å². The van der Waals surface area contributed by atoms with E-state index in [2.05, 4.69) is 11.8 Å². The molecule has 0 aromatic carbocycles. The van der Waals surface area contributed by atoms with Crippen LogP contribution in [0.5, 0.6) is 0 Å². The van der Waals surface area contributed by atoms with Crippen molar-refractivity contribution in [1.29, 1.82) is 0 Å². The third kappa shape index (κ3) is 4.49. The molecule has 0 aliphatic carbocycles. The van der Waals surface area contributed by atoms with E-state index in [-0.39, 0.29) is 5.97 Å². The van der Waals surface area contributed by atoms with E-state index >= 15 is 0 Å². The number of piperidine rings is 1. The van der Waals surface area contributed by atoms with Gasteiger partial charge in [-0.05, 0) is 25.8 Å². The maximum Gasteiger partial charge on any atom is 0.320 e. The minimum absolute atomic E-state index is 0.103. The number of rotatable bonds is 6. The van der Waals surface area contributed by atoms with Crippen LogP contribution < -0.4 is 5.73 Å². The van der Waals surface area contributed by atoms with Gasteiger partial charge >= 0.3 is 5.97 Å². The molecule has 1 atom stereocenters. The van der Waals surface area contributed by atoms with Gasteiger partial charge < -0.3 is 10.5 Å². The fourth-order valence-corrected chi connectivity index (χ4v) is 2.08. The van der Waals surface area contributed by atoms with E-state index in [0.29, 0.717) is 25.7 Å². The lowest BCUT2D eigenvalue weighted by molar-refractivity contribution is -0.146. The van der Waals surface area contributed by atoms with Gasteiger partial charge in [0.2, 0.25) is 0 Å². The average Bonchev–Trinajstić information content (AvgIpc) is 2.30. The maximum absolute atomic E-state index is 11.5. The lowest BCUT2D eigenvalue weighted by atomic mass is 10.0. The van der Waals surface area contributed by atoms with Crippen molar-refractivity contribution in [2.24, 2.45) is 5.73 Å². The molecule has 0 saturated carbocycles. The molecule has 1 unspecified atom stereocenters. The van der Waals surface area contributed by atoms with Gasteiger partial charge in [0, 0.05) is 12.6 Å². The highest BCUT2D eigenvalue weighted by molar-refractivity contribution is 5.71. The standard InChI is InChI=1S/C12H24N2O2/c1-2-3-8-16-12(15)10-14-7-5-4-6-11(14)9-13/h11H,2-10,13H2,1H3. The van der Waals surface area contributed by atoms with Crippen molar-refractivity contribution in [1.82, 2.24) is 4.90 Å². The van der Waals surface area contributed by atoms with E-state index in [0.717, 1.165) is 25.8 Å². The van der Waals surface area contributed by atoms with Crippen LogP contribution in [0.2, 0.25) is 0 Å². The molecule has 16 heavy (non-hydrogen) atoms. The molecule has 4 heteroatoms. The Kier molecular flexibility index (Phi) is 6.42. The summed E-state index contributed by atoms with van der Waals surface area (Å²) in [5.74, 6) is -0.103. The van der Waals surface area contributed by atoms with Crippen molar-refractivity contribution in [3.8, 4) is 0 Å². The lowest BCUT2D eigenvalue weighted by Crippen LogP contribution is -2.46. The van der Waals surface area contributed by atoms with E-state index in [4.69, 9.17) is 10.5 Å². The van der Waals surface area contributed by atoms with Gasteiger partial charge in [-0.25, -0.2) is 0 Å². The van der Waals surface area contributed by atoms with Gasteiger partial charge in [0.15, 0.2) is 0 Å². The molecule has 1 saturated heterocycles. The van der Waals surface area contributed by atoms with Crippen LogP contribution in [-0.4, -0.2) is 43.2 Å². The number of ether oxygens (including phenoxy) is 1. The van der Waals surface area contributed by atoms with Crippen LogP contribution in [0, 0.1) is 0 Å². The SMILES string of the molecule is CCCCOC(=O)CN1CCCCC1CN. The monoisotopic (exact) mass is 228 g/mol. The van der Waals surface area contributed by atoms with Crippen molar-refractivity contribution >= 4 is 5.97 Å². The van der Waals surface area contributed by atoms with Crippen LogP contribution in [0.3, 0.4) is 0 Å². The van der Waals surface area contributed by atoms with Crippen LogP contribution in [0.25, 0.3) is 0 Å². The Hall–Kier alpha value is -0.610. The molecule has 0 spiro atoms. The summed E-state index contributed by atoms with van der Waals surface area (Å²) in [6.45, 7) is 4.66. The second-order valence-corrected chi connectivity index (χ2v) is 4.43. The zero-order valence-corrected chi connectivity index (χ0v) is 10.3. The fraction of sp³-hybridized carbons (Fsp3) is 0.917. The van der Waals surface area contributed by atoms with Crippen LogP contribution >= 0.6 is 0 Å². The molecule has 0 aromatic heterocycles. The summed E-state index contributed by atoms with van der Waals surface area (Å²) in [4.78, 5) is 13.7. The van der Waals surface area contributed by atoms with E-state index in [1.54, 1.807) is 0 Å². The molecule has 0 aromatic rings. The summed E-state index contributed by atoms with van der Waals surface area (Å²) in [5, 5.41) is 0. The smallest absolute Gasteiger partial charge is 0.320 e. The first-order valence-electron chi connectivity index (χ1n) is 6.37. The summed E-state index contributed by atoms with van der Waals surface area (Å²) in [7, 11) is 0. The molecule has 1 fully saturated rings. The fourth-order valence-electron chi connectivity index (χ4n) is 2.08. The number of hydrogen-bond donors (Lipinski definition) is 1. The molecule has 0 bridgehead atoms. The Morgan fingerprint density at radius 2 is 2.31 bits per heavy atom. The summed E-state index contributed by atoms with van der Waals surface area (Å²) < 4.78 is 5.16. The molecular formula is C12H24N2O2. The van der Waals surface area contributed by atoms with Crippen molar-refractivity contribution < 1.29 is 9.53 Å². The predicted molar refractivity (Wildman–Crippen MR) is 64.1 cm³/mol. The van der Waals surface area contributed by atoms with E-state index in [1.165, 1.54) is 12.8 Å². The van der Waals surface area contributed by atoms with Crippen LogP contribution in [-0.2, 0) is 9.53 Å². The van der Waals surface area contributed by atoms with Gasteiger partial charge in [0.1, 0.15) is 0 Å². The van der Waals surface area contributed by atoms with Crippen LogP contribution in [0.15, 0.2) is 0 Å². The maximum atomic E-state index is 11.5. The summed E-state index contributed by atoms with van der Waals surface area (Å²) >= 11 is 0. The van der Waals surface area contributed by atoms with E-state index in [9.17, 15) is 4.79 Å². The normalized spacial score (nSPS) is 22.0. The quantitative estimate of drug-likeness (QED) is 0.547. The van der Waals surface area contributed by atoms with Gasteiger partial charge in [-0.2, -0.15) is 0 Å². The van der Waals surface area contributed by atoms with Crippen molar-refractivity contribution in [2.45, 2.75) is 45.1 Å². The van der Waals surface area contributed by atoms with Crippen molar-refractivity contribution in [3.63, 3.8) is 0 Å². The van der Waals surface area contributed by atoms with Gasteiger partial charge in [0.05, 0.1) is 13.2 Å². The zero-order valence-electron chi connectivity index (χ0n) is 10.3. The van der Waals surface area contributed by atoms with Gasteiger partial charge in [-0.15, -0.1) is 0 Å². The van der Waals surface area contributed by atoms with Crippen LogP contribution in [0.1, 0.15) is 39.0 Å². The van der Waals surface area contributed by atoms with Gasteiger partial charge in [-0.3, -0.25) is 9.69 Å². The molecule has 0 radical (unpaired) electrons. The first-order valence-corrected chi connectivity index (χ1v) is 6.37. The number of likely N-dealkylation sites (tertiary alicyclic amines) is 1. The first kappa shape index (κ1) is 13.5. The molecule has 1 aliphatic rings. The first-order chi connectivity index (χ1) is 7.77. The second-order valence-electron chi connectivity index (χ2n) is 4.43.